The van der Waals surface area contributed by atoms with Gasteiger partial charge in [-0.05, 0) is 83.4 Å². The monoisotopic (exact) mass is 630 g/mol. The molecule has 4 aromatic rings. The van der Waals surface area contributed by atoms with Crippen molar-refractivity contribution >= 4 is 55.0 Å². The van der Waals surface area contributed by atoms with E-state index in [9.17, 15) is 4.79 Å². The highest BCUT2D eigenvalue weighted by Gasteiger charge is 2.11. The van der Waals surface area contributed by atoms with Crippen molar-refractivity contribution < 1.29 is 14.3 Å². The first-order valence-electron chi connectivity index (χ1n) is 11.3. The number of aryl methyl sites for hydroxylation is 2. The molecule has 38 heavy (non-hydrogen) atoms. The quantitative estimate of drug-likeness (QED) is 0.207. The van der Waals surface area contributed by atoms with E-state index in [1.165, 1.54) is 0 Å². The van der Waals surface area contributed by atoms with Gasteiger partial charge in [0, 0.05) is 32.5 Å². The van der Waals surface area contributed by atoms with Gasteiger partial charge in [-0.3, -0.25) is 0 Å². The van der Waals surface area contributed by atoms with Gasteiger partial charge in [0.05, 0.1) is 12.1 Å². The van der Waals surface area contributed by atoms with Gasteiger partial charge < -0.3 is 20.1 Å². The van der Waals surface area contributed by atoms with Crippen LogP contribution >= 0.6 is 31.9 Å². The Hall–Kier alpha value is -4.31. The van der Waals surface area contributed by atoms with Crippen LogP contribution in [0.5, 0.6) is 23.0 Å². The van der Waals surface area contributed by atoms with Crippen LogP contribution in [0.25, 0.3) is 4.85 Å². The van der Waals surface area contributed by atoms with E-state index >= 15 is 0 Å². The van der Waals surface area contributed by atoms with E-state index < -0.39 is 6.03 Å². The lowest BCUT2D eigenvalue weighted by atomic mass is 10.2. The fourth-order valence-corrected chi connectivity index (χ4v) is 4.31. The van der Waals surface area contributed by atoms with Crippen molar-refractivity contribution in [2.75, 3.05) is 10.6 Å². The number of urea groups is 1. The third-order valence-electron chi connectivity index (χ3n) is 5.45. The third-order valence-corrected chi connectivity index (χ3v) is 6.74. The molecule has 0 bridgehead atoms. The van der Waals surface area contributed by atoms with Crippen molar-refractivity contribution in [1.82, 2.24) is 0 Å². The third kappa shape index (κ3) is 6.51. The van der Waals surface area contributed by atoms with Crippen molar-refractivity contribution in [3.8, 4) is 29.1 Å². The molecule has 0 aromatic heterocycles. The molecule has 9 heteroatoms. The summed E-state index contributed by atoms with van der Waals surface area (Å²) >= 11 is 6.74. The first-order valence-corrected chi connectivity index (χ1v) is 12.9. The summed E-state index contributed by atoms with van der Waals surface area (Å²) < 4.78 is 13.3. The van der Waals surface area contributed by atoms with Gasteiger partial charge in [0.1, 0.15) is 29.1 Å². The molecular weight excluding hydrogens is 612 g/mol. The molecule has 0 unspecified atom stereocenters. The molecule has 0 fully saturated rings. The zero-order valence-corrected chi connectivity index (χ0v) is 23.5. The average molecular weight is 632 g/mol. The highest BCUT2D eigenvalue weighted by molar-refractivity contribution is 9.11. The lowest BCUT2D eigenvalue weighted by molar-refractivity contribution is 0.262. The first kappa shape index (κ1) is 26.7. The molecule has 7 nitrogen and oxygen atoms in total. The average Bonchev–Trinajstić information content (AvgIpc) is 2.88. The molecule has 0 spiro atoms. The maximum Gasteiger partial charge on any atom is 0.323 e. The molecule has 0 aliphatic heterocycles. The SMILES string of the molecule is [C-]#[N+]c1ccc(Oc2cc(NC(=O)Nc3ccc(C)c(Oc4ccc(C#N)c(Br)c4)c3)ccc2C)cc1Br. The Morgan fingerprint density at radius 2 is 1.34 bits per heavy atom. The number of halogens is 2. The van der Waals surface area contributed by atoms with Gasteiger partial charge in [0.25, 0.3) is 0 Å². The van der Waals surface area contributed by atoms with Gasteiger partial charge in [-0.2, -0.15) is 5.26 Å². The van der Waals surface area contributed by atoms with Crippen molar-refractivity contribution in [3.63, 3.8) is 0 Å². The van der Waals surface area contributed by atoms with Gasteiger partial charge in [-0.25, -0.2) is 9.64 Å². The van der Waals surface area contributed by atoms with Crippen molar-refractivity contribution in [3.05, 3.63) is 110 Å². The Morgan fingerprint density at radius 3 is 1.82 bits per heavy atom. The molecule has 0 radical (unpaired) electrons. The Balaban J connectivity index is 1.45. The minimum Gasteiger partial charge on any atom is -0.457 e. The predicted octanol–water partition coefficient (Wildman–Crippen LogP) is 9.48. The fraction of sp³-hybridized carbons (Fsp3) is 0.0690. The normalized spacial score (nSPS) is 10.2. The molecule has 188 valence electrons. The number of benzene rings is 4. The second-order valence-electron chi connectivity index (χ2n) is 8.22. The predicted molar refractivity (Wildman–Crippen MR) is 154 cm³/mol. The highest BCUT2D eigenvalue weighted by Crippen LogP contribution is 2.34. The number of nitriles is 1. The summed E-state index contributed by atoms with van der Waals surface area (Å²) in [6, 6.07) is 22.6. The molecule has 4 rings (SSSR count). The van der Waals surface area contributed by atoms with Crippen LogP contribution < -0.4 is 20.1 Å². The van der Waals surface area contributed by atoms with E-state index in [2.05, 4.69) is 53.4 Å². The number of hydrogen-bond donors (Lipinski definition) is 2. The summed E-state index contributed by atoms with van der Waals surface area (Å²) in [5, 5.41) is 14.7. The topological polar surface area (TPSA) is 87.7 Å². The maximum atomic E-state index is 12.7. The molecule has 0 aliphatic carbocycles. The van der Waals surface area contributed by atoms with Crippen LogP contribution in [0.4, 0.5) is 21.9 Å². The summed E-state index contributed by atoms with van der Waals surface area (Å²) in [4.78, 5) is 16.2. The summed E-state index contributed by atoms with van der Waals surface area (Å²) in [6.07, 6.45) is 0. The standard InChI is InChI=1S/C29H20Br2N4O3/c1-17-4-7-20(12-27(17)37-22-9-6-19(16-32)24(30)14-22)34-29(36)35-21-8-5-18(2)28(13-21)38-23-10-11-26(33-3)25(31)15-23/h4-15H,1-2H3,(H2,34,35,36). The van der Waals surface area contributed by atoms with Gasteiger partial charge >= 0.3 is 6.03 Å². The zero-order chi connectivity index (χ0) is 27.2. The Labute approximate surface area is 237 Å². The molecule has 4 aromatic carbocycles. The number of hydrogen-bond acceptors (Lipinski definition) is 4. The largest absolute Gasteiger partial charge is 0.457 e. The number of carbonyl (C=O) groups excluding carboxylic acids is 1. The molecule has 0 heterocycles. The van der Waals surface area contributed by atoms with Crippen LogP contribution in [-0.2, 0) is 0 Å². The molecule has 0 saturated heterocycles. The maximum absolute atomic E-state index is 12.7. The van der Waals surface area contributed by atoms with E-state index in [4.69, 9.17) is 21.3 Å². The number of amides is 2. The summed E-state index contributed by atoms with van der Waals surface area (Å²) in [6.45, 7) is 11.0. The van der Waals surface area contributed by atoms with E-state index in [-0.39, 0.29) is 0 Å². The lowest BCUT2D eigenvalue weighted by Gasteiger charge is -2.14. The van der Waals surface area contributed by atoms with Crippen LogP contribution in [0, 0.1) is 31.8 Å². The van der Waals surface area contributed by atoms with Crippen molar-refractivity contribution in [2.45, 2.75) is 13.8 Å². The van der Waals surface area contributed by atoms with E-state index in [0.29, 0.717) is 54.6 Å². The Morgan fingerprint density at radius 1 is 0.816 bits per heavy atom. The van der Waals surface area contributed by atoms with Gasteiger partial charge in [-0.15, -0.1) is 0 Å². The summed E-state index contributed by atoms with van der Waals surface area (Å²) in [5.41, 5.74) is 3.87. The highest BCUT2D eigenvalue weighted by atomic mass is 79.9. The number of nitrogens with one attached hydrogen (secondary N) is 2. The van der Waals surface area contributed by atoms with Gasteiger partial charge in [-0.1, -0.05) is 34.1 Å². The lowest BCUT2D eigenvalue weighted by Crippen LogP contribution is -2.19. The molecule has 2 amide bonds. The zero-order valence-electron chi connectivity index (χ0n) is 20.3. The summed E-state index contributed by atoms with van der Waals surface area (Å²) in [5.74, 6) is 2.27. The van der Waals surface area contributed by atoms with Crippen LogP contribution in [-0.4, -0.2) is 6.03 Å². The minimum atomic E-state index is -0.431. The van der Waals surface area contributed by atoms with Crippen LogP contribution in [0.1, 0.15) is 16.7 Å². The Bertz CT molecular complexity index is 1500. The number of anilines is 2. The fourth-order valence-electron chi connectivity index (χ4n) is 3.41. The van der Waals surface area contributed by atoms with Gasteiger partial charge in [0.2, 0.25) is 5.69 Å². The van der Waals surface area contributed by atoms with Crippen molar-refractivity contribution in [2.24, 2.45) is 0 Å². The van der Waals surface area contributed by atoms with E-state index in [1.54, 1.807) is 60.7 Å². The summed E-state index contributed by atoms with van der Waals surface area (Å²) in [7, 11) is 0. The van der Waals surface area contributed by atoms with Crippen LogP contribution in [0.2, 0.25) is 0 Å². The second-order valence-corrected chi connectivity index (χ2v) is 9.93. The number of ether oxygens (including phenoxy) is 2. The van der Waals surface area contributed by atoms with E-state index in [0.717, 1.165) is 11.1 Å². The molecule has 0 aliphatic rings. The second kappa shape index (κ2) is 11.8. The van der Waals surface area contributed by atoms with Gasteiger partial charge in [0.15, 0.2) is 0 Å². The van der Waals surface area contributed by atoms with E-state index in [1.807, 2.05) is 26.0 Å². The Kier molecular flexibility index (Phi) is 8.32. The smallest absolute Gasteiger partial charge is 0.323 e. The number of rotatable bonds is 6. The number of nitrogens with zero attached hydrogens (tertiary/aromatic N) is 2. The number of carbonyl (C=O) groups is 1. The van der Waals surface area contributed by atoms with Crippen LogP contribution in [0.15, 0.2) is 81.7 Å². The van der Waals surface area contributed by atoms with Crippen LogP contribution in [0.3, 0.4) is 0 Å². The molecular formula is C29H20Br2N4O3. The molecule has 0 atom stereocenters. The minimum absolute atomic E-state index is 0.431. The molecule has 0 saturated carbocycles. The van der Waals surface area contributed by atoms with Crippen molar-refractivity contribution in [1.29, 1.82) is 5.26 Å². The molecule has 2 N–H and O–H groups in total. The first-order chi connectivity index (χ1) is 18.2.